The van der Waals surface area contributed by atoms with Gasteiger partial charge in [0.05, 0.1) is 50.2 Å². The summed E-state index contributed by atoms with van der Waals surface area (Å²) in [4.78, 5) is 97.0. The first-order valence-electron chi connectivity index (χ1n) is 23.6. The van der Waals surface area contributed by atoms with E-state index in [1.165, 1.54) is 43.5 Å². The molecule has 0 aliphatic carbocycles. The molecule has 5 rings (SSSR count). The van der Waals surface area contributed by atoms with E-state index in [0.717, 1.165) is 11.8 Å². The predicted molar refractivity (Wildman–Crippen MR) is 262 cm³/mol. The van der Waals surface area contributed by atoms with Gasteiger partial charge in [-0.25, -0.2) is 14.4 Å². The maximum Gasteiger partial charge on any atom is 0.338 e. The van der Waals surface area contributed by atoms with Crippen LogP contribution in [0.2, 0.25) is 0 Å². The summed E-state index contributed by atoms with van der Waals surface area (Å²) in [5, 5.41) is -1.03. The van der Waals surface area contributed by atoms with Crippen LogP contribution in [0.25, 0.3) is 0 Å². The van der Waals surface area contributed by atoms with Crippen molar-refractivity contribution in [1.82, 2.24) is 0 Å². The van der Waals surface area contributed by atoms with E-state index in [4.69, 9.17) is 47.4 Å². The van der Waals surface area contributed by atoms with Crippen LogP contribution >= 0.6 is 11.8 Å². The van der Waals surface area contributed by atoms with Crippen LogP contribution in [0.3, 0.4) is 0 Å². The Morgan fingerprint density at radius 2 is 0.806 bits per heavy atom. The number of hydrogen-bond acceptors (Lipinski definition) is 18. The summed E-state index contributed by atoms with van der Waals surface area (Å²) in [5.74, 6) is -5.36. The second kappa shape index (κ2) is 23.8. The predicted octanol–water partition coefficient (Wildman–Crippen LogP) is 7.96. The van der Waals surface area contributed by atoms with Gasteiger partial charge in [-0.05, 0) is 119 Å². The number of methoxy groups -OCH3 is 1. The number of rotatable bonds is 15. The Balaban J connectivity index is 1.65. The zero-order chi connectivity index (χ0) is 53.3. The van der Waals surface area contributed by atoms with Crippen LogP contribution in [0.4, 0.5) is 0 Å². The molecular formula is C54H68O17S. The Morgan fingerprint density at radius 3 is 1.21 bits per heavy atom. The van der Waals surface area contributed by atoms with Crippen LogP contribution < -0.4 is 0 Å². The molecule has 72 heavy (non-hydrogen) atoms. The van der Waals surface area contributed by atoms with Crippen molar-refractivity contribution in [2.75, 3.05) is 20.3 Å². The second-order valence-electron chi connectivity index (χ2n) is 21.6. The molecule has 0 saturated carbocycles. The van der Waals surface area contributed by atoms with E-state index in [2.05, 4.69) is 0 Å². The van der Waals surface area contributed by atoms with Gasteiger partial charge in [0.25, 0.3) is 0 Å². The quantitative estimate of drug-likeness (QED) is 0.104. The maximum atomic E-state index is 14.1. The molecule has 0 bridgehead atoms. The zero-order valence-electron chi connectivity index (χ0n) is 43.2. The van der Waals surface area contributed by atoms with Crippen molar-refractivity contribution in [3.05, 3.63) is 108 Å². The third-order valence-electron chi connectivity index (χ3n) is 11.2. The van der Waals surface area contributed by atoms with Crippen molar-refractivity contribution < 1.29 is 80.9 Å². The van der Waals surface area contributed by atoms with Crippen molar-refractivity contribution in [2.45, 2.75) is 143 Å². The lowest BCUT2D eigenvalue weighted by Crippen LogP contribution is -2.64. The van der Waals surface area contributed by atoms with Gasteiger partial charge >= 0.3 is 41.8 Å². The molecule has 2 aliphatic rings. The molecule has 2 aliphatic heterocycles. The molecule has 2 fully saturated rings. The zero-order valence-corrected chi connectivity index (χ0v) is 44.0. The lowest BCUT2D eigenvalue weighted by atomic mass is 9.94. The van der Waals surface area contributed by atoms with E-state index in [1.54, 1.807) is 138 Å². The smallest absolute Gasteiger partial charge is 0.338 e. The molecule has 392 valence electrons. The van der Waals surface area contributed by atoms with E-state index in [1.807, 2.05) is 0 Å². The number of ether oxygens (including phenoxy) is 10. The van der Waals surface area contributed by atoms with Gasteiger partial charge in [0.15, 0.2) is 42.9 Å². The fourth-order valence-electron chi connectivity index (χ4n) is 6.92. The highest BCUT2D eigenvalue weighted by Gasteiger charge is 2.57. The number of carbonyl (C=O) groups is 7. The van der Waals surface area contributed by atoms with Crippen LogP contribution in [-0.4, -0.2) is 122 Å². The molecule has 0 radical (unpaired) electrons. The minimum Gasteiger partial charge on any atom is -0.464 e. The number of esters is 7. The molecule has 0 amide bonds. The third-order valence-corrected chi connectivity index (χ3v) is 12.6. The molecule has 18 heteroatoms. The lowest BCUT2D eigenvalue weighted by Gasteiger charge is -2.47. The van der Waals surface area contributed by atoms with Crippen LogP contribution in [0.5, 0.6) is 0 Å². The number of carbonyl (C=O) groups excluding carboxylic acids is 7. The van der Waals surface area contributed by atoms with Crippen LogP contribution in [0.1, 0.15) is 114 Å². The maximum absolute atomic E-state index is 14.1. The first kappa shape index (κ1) is 57.1. The average molecular weight is 1020 g/mol. The summed E-state index contributed by atoms with van der Waals surface area (Å²) in [5.41, 5.74) is -5.24. The van der Waals surface area contributed by atoms with Crippen molar-refractivity contribution >= 4 is 53.5 Å². The topological polar surface area (TPSA) is 212 Å². The lowest BCUT2D eigenvalue weighted by molar-refractivity contribution is -0.295. The average Bonchev–Trinajstić information content (AvgIpc) is 3.32. The Labute approximate surface area is 425 Å². The van der Waals surface area contributed by atoms with E-state index in [0.29, 0.717) is 0 Å². The molecule has 17 nitrogen and oxygen atoms in total. The second-order valence-corrected chi connectivity index (χ2v) is 22.9. The van der Waals surface area contributed by atoms with Gasteiger partial charge in [-0.15, -0.1) is 11.8 Å². The number of thioether (sulfide) groups is 1. The standard InChI is InChI=1S/C54H68O17S/c1-51(2,3)47(58)64-30-35-37(69-48(59)52(4,5)6)39(70-49(60)53(7,8)9)41(71-50(61)54(10,11)12)46(72-35)63-29-34-36(66-42(55)31-23-17-14-18-24-31)38(67-43(56)32-25-19-15-20-26-32)40(45(62-13)65-34)68-44(57)33-27-21-16-22-28-33/h14-28,34-41,45-46H,29-30H2,1-13H3/t34-,35-,36-,37-,38+,39+,40-,41-,45+,46-/m1/s1. The number of benzene rings is 3. The Morgan fingerprint density at radius 1 is 0.444 bits per heavy atom. The van der Waals surface area contributed by atoms with Crippen molar-refractivity contribution in [1.29, 1.82) is 0 Å². The molecule has 0 spiro atoms. The van der Waals surface area contributed by atoms with Crippen LogP contribution in [0.15, 0.2) is 91.0 Å². The Kier molecular flexibility index (Phi) is 18.9. The monoisotopic (exact) mass is 1020 g/mol. The van der Waals surface area contributed by atoms with Crippen molar-refractivity contribution in [3.8, 4) is 0 Å². The SMILES string of the molecule is CO[C@H]1O[C@H](CO[C@@H]2S[C@H](COC(=O)C(C)(C)C)[C@@H](OC(=O)C(C)(C)C)[C@H](OC(=O)C(C)(C)C)[C@H]2OC(=O)C(C)(C)C)[C@@H](OC(=O)c2ccccc2)[C@H](OC(=O)c2ccccc2)[C@H]1OC(=O)c1ccccc1. The number of hydrogen-bond donors (Lipinski definition) is 0. The van der Waals surface area contributed by atoms with Gasteiger partial charge < -0.3 is 47.4 Å². The minimum absolute atomic E-state index is 0.112. The summed E-state index contributed by atoms with van der Waals surface area (Å²) in [7, 11) is 1.27. The van der Waals surface area contributed by atoms with Crippen LogP contribution in [0, 0.1) is 21.7 Å². The highest BCUT2D eigenvalue weighted by molar-refractivity contribution is 8.00. The molecule has 2 heterocycles. The summed E-state index contributed by atoms with van der Waals surface area (Å²) in [6, 6.07) is 23.9. The molecule has 3 aromatic rings. The van der Waals surface area contributed by atoms with E-state index in [9.17, 15) is 33.6 Å². The molecule has 3 aromatic carbocycles. The third kappa shape index (κ3) is 15.1. The molecule has 2 saturated heterocycles. The molecule has 0 aromatic heterocycles. The first-order valence-corrected chi connectivity index (χ1v) is 24.6. The van der Waals surface area contributed by atoms with Gasteiger partial charge in [0.1, 0.15) is 18.1 Å². The van der Waals surface area contributed by atoms with Crippen molar-refractivity contribution in [3.63, 3.8) is 0 Å². The van der Waals surface area contributed by atoms with E-state index >= 15 is 0 Å². The summed E-state index contributed by atoms with van der Waals surface area (Å²) in [6.07, 6.45) is -12.2. The van der Waals surface area contributed by atoms with Gasteiger partial charge in [-0.3, -0.25) is 19.2 Å². The Bertz CT molecular complexity index is 2350. The van der Waals surface area contributed by atoms with E-state index in [-0.39, 0.29) is 23.3 Å². The largest absolute Gasteiger partial charge is 0.464 e. The highest BCUT2D eigenvalue weighted by atomic mass is 32.2. The summed E-state index contributed by atoms with van der Waals surface area (Å²) < 4.78 is 61.8. The van der Waals surface area contributed by atoms with Gasteiger partial charge in [0, 0.05) is 7.11 Å². The van der Waals surface area contributed by atoms with Gasteiger partial charge in [-0.1, -0.05) is 54.6 Å². The van der Waals surface area contributed by atoms with E-state index < -0.39 is 130 Å². The highest BCUT2D eigenvalue weighted by Crippen LogP contribution is 2.42. The Hall–Kier alpha value is -5.82. The van der Waals surface area contributed by atoms with Gasteiger partial charge in [-0.2, -0.15) is 0 Å². The normalized spacial score (nSPS) is 24.7. The summed E-state index contributed by atoms with van der Waals surface area (Å²) in [6.45, 7) is 18.7. The fraction of sp³-hybridized carbons (Fsp3) is 0.537. The van der Waals surface area contributed by atoms with Gasteiger partial charge in [0.2, 0.25) is 0 Å². The molecule has 10 atom stereocenters. The minimum atomic E-state index is -1.63. The molecule has 0 unspecified atom stereocenters. The fourth-order valence-corrected chi connectivity index (χ4v) is 8.29. The van der Waals surface area contributed by atoms with Crippen LogP contribution in [-0.2, 0) is 66.5 Å². The summed E-state index contributed by atoms with van der Waals surface area (Å²) >= 11 is 0.972. The molecule has 0 N–H and O–H groups in total. The van der Waals surface area contributed by atoms with Crippen molar-refractivity contribution in [2.24, 2.45) is 21.7 Å². The molecular weight excluding hydrogens is 953 g/mol. The first-order chi connectivity index (χ1) is 33.6.